The summed E-state index contributed by atoms with van der Waals surface area (Å²) in [6, 6.07) is 10.9. The second kappa shape index (κ2) is 7.79. The molecule has 2 nitrogen and oxygen atoms in total. The van der Waals surface area contributed by atoms with Crippen molar-refractivity contribution in [3.05, 3.63) is 57.6 Å². The van der Waals surface area contributed by atoms with E-state index in [4.69, 9.17) is 44.3 Å². The molecule has 0 amide bonds. The van der Waals surface area contributed by atoms with Gasteiger partial charge in [0, 0.05) is 21.5 Å². The first kappa shape index (κ1) is 16.3. The average molecular weight is 346 g/mol. The van der Waals surface area contributed by atoms with Crippen LogP contribution in [0, 0.1) is 0 Å². The molecule has 2 rings (SSSR count). The van der Waals surface area contributed by atoms with Gasteiger partial charge in [-0.2, -0.15) is 0 Å². The van der Waals surface area contributed by atoms with E-state index in [0.29, 0.717) is 40.6 Å². The molecule has 2 aromatic rings. The SMILES string of the molecule is CCOc1cc(CCl)ccc1OCc1cc(Cl)ccc1Cl. The van der Waals surface area contributed by atoms with Crippen LogP contribution in [0.15, 0.2) is 36.4 Å². The minimum Gasteiger partial charge on any atom is -0.490 e. The lowest BCUT2D eigenvalue weighted by Gasteiger charge is -2.13. The quantitative estimate of drug-likeness (QED) is 0.624. The maximum absolute atomic E-state index is 6.12. The number of halogens is 3. The van der Waals surface area contributed by atoms with E-state index in [0.717, 1.165) is 11.1 Å². The fourth-order valence-corrected chi connectivity index (χ4v) is 2.37. The first-order valence-electron chi connectivity index (χ1n) is 6.52. The Morgan fingerprint density at radius 2 is 1.76 bits per heavy atom. The molecule has 0 heterocycles. The van der Waals surface area contributed by atoms with Gasteiger partial charge in [0.25, 0.3) is 0 Å². The van der Waals surface area contributed by atoms with Crippen molar-refractivity contribution in [1.29, 1.82) is 0 Å². The van der Waals surface area contributed by atoms with E-state index in [-0.39, 0.29) is 0 Å². The Morgan fingerprint density at radius 1 is 0.952 bits per heavy atom. The zero-order valence-electron chi connectivity index (χ0n) is 11.5. The Morgan fingerprint density at radius 3 is 2.48 bits per heavy atom. The summed E-state index contributed by atoms with van der Waals surface area (Å²) >= 11 is 17.9. The number of benzene rings is 2. The largest absolute Gasteiger partial charge is 0.490 e. The van der Waals surface area contributed by atoms with Gasteiger partial charge in [0.05, 0.1) is 6.61 Å². The van der Waals surface area contributed by atoms with Crippen molar-refractivity contribution in [2.45, 2.75) is 19.4 Å². The monoisotopic (exact) mass is 344 g/mol. The van der Waals surface area contributed by atoms with Crippen LogP contribution in [0.3, 0.4) is 0 Å². The zero-order chi connectivity index (χ0) is 15.2. The molecule has 21 heavy (non-hydrogen) atoms. The number of hydrogen-bond donors (Lipinski definition) is 0. The Balaban J connectivity index is 2.17. The Bertz CT molecular complexity index is 614. The molecule has 0 saturated heterocycles. The third-order valence-corrected chi connectivity index (χ3v) is 3.77. The predicted octanol–water partition coefficient (Wildman–Crippen LogP) is 5.71. The zero-order valence-corrected chi connectivity index (χ0v) is 13.8. The van der Waals surface area contributed by atoms with Gasteiger partial charge in [0.2, 0.25) is 0 Å². The molecule has 5 heteroatoms. The molecule has 0 fully saturated rings. The van der Waals surface area contributed by atoms with Crippen LogP contribution in [-0.2, 0) is 12.5 Å². The summed E-state index contributed by atoms with van der Waals surface area (Å²) in [7, 11) is 0. The van der Waals surface area contributed by atoms with Gasteiger partial charge in [0.15, 0.2) is 11.5 Å². The number of alkyl halides is 1. The molecule has 112 valence electrons. The smallest absolute Gasteiger partial charge is 0.161 e. The molecule has 0 bridgehead atoms. The van der Waals surface area contributed by atoms with E-state index in [1.807, 2.05) is 25.1 Å². The van der Waals surface area contributed by atoms with Crippen LogP contribution in [0.25, 0.3) is 0 Å². The van der Waals surface area contributed by atoms with Crippen LogP contribution in [0.4, 0.5) is 0 Å². The van der Waals surface area contributed by atoms with Gasteiger partial charge in [0.1, 0.15) is 6.61 Å². The van der Waals surface area contributed by atoms with Crippen molar-refractivity contribution >= 4 is 34.8 Å². The van der Waals surface area contributed by atoms with Crippen LogP contribution >= 0.6 is 34.8 Å². The Hall–Kier alpha value is -1.09. The summed E-state index contributed by atoms with van der Waals surface area (Å²) in [5, 5.41) is 1.25. The molecular formula is C16H15Cl3O2. The summed E-state index contributed by atoms with van der Waals surface area (Å²) in [5.41, 5.74) is 1.81. The lowest BCUT2D eigenvalue weighted by atomic mass is 10.2. The standard InChI is InChI=1S/C16H15Cl3O2/c1-2-20-16-7-11(9-17)3-6-15(16)21-10-12-8-13(18)4-5-14(12)19/h3-8H,2,9-10H2,1H3. The van der Waals surface area contributed by atoms with Gasteiger partial charge in [-0.05, 0) is 42.8 Å². The highest BCUT2D eigenvalue weighted by Gasteiger charge is 2.08. The van der Waals surface area contributed by atoms with E-state index < -0.39 is 0 Å². The lowest BCUT2D eigenvalue weighted by molar-refractivity contribution is 0.269. The van der Waals surface area contributed by atoms with Gasteiger partial charge in [-0.1, -0.05) is 29.3 Å². The molecule has 0 atom stereocenters. The summed E-state index contributed by atoms with van der Waals surface area (Å²) < 4.78 is 11.4. The number of hydrogen-bond acceptors (Lipinski definition) is 2. The van der Waals surface area contributed by atoms with Crippen LogP contribution < -0.4 is 9.47 Å². The van der Waals surface area contributed by atoms with Gasteiger partial charge in [-0.15, -0.1) is 11.6 Å². The number of rotatable bonds is 6. The minimum absolute atomic E-state index is 0.319. The van der Waals surface area contributed by atoms with E-state index in [9.17, 15) is 0 Å². The lowest BCUT2D eigenvalue weighted by Crippen LogP contribution is -2.00. The van der Waals surface area contributed by atoms with Crippen molar-refractivity contribution in [1.82, 2.24) is 0 Å². The summed E-state index contributed by atoms with van der Waals surface area (Å²) in [6.07, 6.45) is 0. The van der Waals surface area contributed by atoms with Crippen LogP contribution in [0.2, 0.25) is 10.0 Å². The van der Waals surface area contributed by atoms with Crippen molar-refractivity contribution in [3.63, 3.8) is 0 Å². The molecular weight excluding hydrogens is 331 g/mol. The van der Waals surface area contributed by atoms with Crippen LogP contribution in [0.1, 0.15) is 18.1 Å². The highest BCUT2D eigenvalue weighted by molar-refractivity contribution is 6.33. The second-order valence-corrected chi connectivity index (χ2v) is 5.48. The maximum atomic E-state index is 6.12. The summed E-state index contributed by atoms with van der Waals surface area (Å²) in [6.45, 7) is 2.80. The van der Waals surface area contributed by atoms with Crippen molar-refractivity contribution < 1.29 is 9.47 Å². The van der Waals surface area contributed by atoms with Crippen molar-refractivity contribution in [2.75, 3.05) is 6.61 Å². The maximum Gasteiger partial charge on any atom is 0.161 e. The molecule has 2 aromatic carbocycles. The molecule has 0 saturated carbocycles. The van der Waals surface area contributed by atoms with Gasteiger partial charge in [-0.3, -0.25) is 0 Å². The topological polar surface area (TPSA) is 18.5 Å². The third kappa shape index (κ3) is 4.44. The van der Waals surface area contributed by atoms with Gasteiger partial charge in [-0.25, -0.2) is 0 Å². The molecule has 0 radical (unpaired) electrons. The van der Waals surface area contributed by atoms with E-state index in [1.165, 1.54) is 0 Å². The first-order chi connectivity index (χ1) is 10.1. The normalized spacial score (nSPS) is 10.5. The first-order valence-corrected chi connectivity index (χ1v) is 7.81. The van der Waals surface area contributed by atoms with E-state index in [1.54, 1.807) is 18.2 Å². The molecule has 0 aromatic heterocycles. The summed E-state index contributed by atoms with van der Waals surface area (Å²) in [4.78, 5) is 0. The van der Waals surface area contributed by atoms with Crippen molar-refractivity contribution in [2.24, 2.45) is 0 Å². The third-order valence-electron chi connectivity index (χ3n) is 2.85. The van der Waals surface area contributed by atoms with Gasteiger partial charge >= 0.3 is 0 Å². The number of ether oxygens (including phenoxy) is 2. The highest BCUT2D eigenvalue weighted by atomic mass is 35.5. The van der Waals surface area contributed by atoms with Gasteiger partial charge < -0.3 is 9.47 Å². The fourth-order valence-electron chi connectivity index (χ4n) is 1.83. The average Bonchev–Trinajstić information content (AvgIpc) is 2.49. The molecule has 0 aliphatic heterocycles. The van der Waals surface area contributed by atoms with E-state index in [2.05, 4.69) is 0 Å². The molecule has 0 N–H and O–H groups in total. The predicted molar refractivity (Wildman–Crippen MR) is 88.0 cm³/mol. The molecule has 0 spiro atoms. The van der Waals surface area contributed by atoms with Crippen molar-refractivity contribution in [3.8, 4) is 11.5 Å². The second-order valence-electron chi connectivity index (χ2n) is 4.37. The molecule has 0 aliphatic rings. The molecule has 0 unspecified atom stereocenters. The minimum atomic E-state index is 0.319. The van der Waals surface area contributed by atoms with Crippen LogP contribution in [0.5, 0.6) is 11.5 Å². The highest BCUT2D eigenvalue weighted by Crippen LogP contribution is 2.31. The Kier molecular flexibility index (Phi) is 6.04. The van der Waals surface area contributed by atoms with Crippen LogP contribution in [-0.4, -0.2) is 6.61 Å². The van der Waals surface area contributed by atoms with E-state index >= 15 is 0 Å². The fraction of sp³-hybridized carbons (Fsp3) is 0.250. The Labute approximate surface area is 139 Å². The summed E-state index contributed by atoms with van der Waals surface area (Å²) in [5.74, 6) is 1.76. The molecule has 0 aliphatic carbocycles.